The molecule has 0 aliphatic rings. The molecule has 2 aromatic carbocycles. The molecule has 0 aliphatic carbocycles. The molecule has 0 nitrogen and oxygen atoms in total. The number of hydrogen-bond donors (Lipinski definition) is 0. The van der Waals surface area contributed by atoms with E-state index in [1.807, 2.05) is 0 Å². The fourth-order valence-corrected chi connectivity index (χ4v) is 4.33. The lowest BCUT2D eigenvalue weighted by molar-refractivity contribution is 0.560. The zero-order chi connectivity index (χ0) is 17.0. The molecule has 0 fully saturated rings. The number of hydrogen-bond acceptors (Lipinski definition) is 0. The first-order valence-corrected chi connectivity index (χ1v) is 10.5. The Hall–Kier alpha value is -1.08. The Morgan fingerprint density at radius 3 is 1.62 bits per heavy atom. The minimum atomic E-state index is 0.437. The van der Waals surface area contributed by atoms with Crippen LogP contribution in [0.3, 0.4) is 0 Å². The third kappa shape index (κ3) is 6.43. The topological polar surface area (TPSA) is 0 Å². The van der Waals surface area contributed by atoms with Gasteiger partial charge in [0.1, 0.15) is 0 Å². The van der Waals surface area contributed by atoms with Crippen molar-refractivity contribution in [1.82, 2.24) is 0 Å². The molecule has 0 aliphatic heterocycles. The molecule has 0 saturated heterocycles. The van der Waals surface area contributed by atoms with Crippen LogP contribution in [0.2, 0.25) is 0 Å². The minimum Gasteiger partial charge on any atom is -0.0880 e. The van der Waals surface area contributed by atoms with Crippen molar-refractivity contribution >= 4 is 15.9 Å². The Kier molecular flexibility index (Phi) is 9.20. The third-order valence-electron chi connectivity index (χ3n) is 4.76. The van der Waals surface area contributed by atoms with Gasteiger partial charge in [0.2, 0.25) is 0 Å². The number of halogens is 1. The summed E-state index contributed by atoms with van der Waals surface area (Å²) in [6, 6.07) is 21.9. The second-order valence-electron chi connectivity index (χ2n) is 6.73. The van der Waals surface area contributed by atoms with Gasteiger partial charge in [-0.1, -0.05) is 128 Å². The van der Waals surface area contributed by atoms with E-state index in [1.165, 1.54) is 62.5 Å². The van der Waals surface area contributed by atoms with Gasteiger partial charge in [0.05, 0.1) is 0 Å². The average molecular weight is 387 g/mol. The first kappa shape index (κ1) is 19.2. The summed E-state index contributed by atoms with van der Waals surface area (Å²) in [5.74, 6) is 0.437. The lowest BCUT2D eigenvalue weighted by Crippen LogP contribution is -2.14. The van der Waals surface area contributed by atoms with Crippen LogP contribution in [-0.4, -0.2) is 4.83 Å². The summed E-state index contributed by atoms with van der Waals surface area (Å²) in [5.41, 5.74) is 2.82. The van der Waals surface area contributed by atoms with Crippen LogP contribution in [0.1, 0.15) is 75.3 Å². The van der Waals surface area contributed by atoms with Gasteiger partial charge in [-0.05, 0) is 17.5 Å². The maximum Gasteiger partial charge on any atom is 0.0255 e. The van der Waals surface area contributed by atoms with Gasteiger partial charge in [-0.2, -0.15) is 0 Å². The molecule has 0 heterocycles. The van der Waals surface area contributed by atoms with Crippen LogP contribution in [0.4, 0.5) is 0 Å². The van der Waals surface area contributed by atoms with E-state index in [4.69, 9.17) is 0 Å². The number of rotatable bonds is 11. The molecule has 0 spiro atoms. The maximum absolute atomic E-state index is 4.01. The molecule has 1 unspecified atom stereocenters. The SMILES string of the molecule is CCCCCCCCCC(Br)C(c1ccccc1)c1ccccc1. The van der Waals surface area contributed by atoms with Crippen molar-refractivity contribution in [1.29, 1.82) is 0 Å². The molecule has 2 aromatic rings. The third-order valence-corrected chi connectivity index (χ3v) is 5.75. The highest BCUT2D eigenvalue weighted by Crippen LogP contribution is 2.34. The Balaban J connectivity index is 1.90. The summed E-state index contributed by atoms with van der Waals surface area (Å²) < 4.78 is 0. The molecule has 130 valence electrons. The predicted molar refractivity (Wildman–Crippen MR) is 110 cm³/mol. The molecule has 0 N–H and O–H groups in total. The van der Waals surface area contributed by atoms with Crippen LogP contribution in [0.5, 0.6) is 0 Å². The lowest BCUT2D eigenvalue weighted by atomic mass is 9.86. The number of unbranched alkanes of at least 4 members (excludes halogenated alkanes) is 6. The first-order valence-electron chi connectivity index (χ1n) is 9.57. The van der Waals surface area contributed by atoms with Crippen molar-refractivity contribution < 1.29 is 0 Å². The molecule has 0 bridgehead atoms. The standard InChI is InChI=1S/C23H31Br/c1-2-3-4-5-6-7-14-19-22(24)23(20-15-10-8-11-16-20)21-17-12-9-13-18-21/h8-13,15-18,22-23H,2-7,14,19H2,1H3. The zero-order valence-corrected chi connectivity index (χ0v) is 16.5. The van der Waals surface area contributed by atoms with E-state index in [9.17, 15) is 0 Å². The smallest absolute Gasteiger partial charge is 0.0255 e. The van der Waals surface area contributed by atoms with Gasteiger partial charge in [0.15, 0.2) is 0 Å². The Bertz CT molecular complexity index is 495. The van der Waals surface area contributed by atoms with Crippen molar-refractivity contribution in [3.8, 4) is 0 Å². The molecule has 0 radical (unpaired) electrons. The van der Waals surface area contributed by atoms with Gasteiger partial charge in [0.25, 0.3) is 0 Å². The van der Waals surface area contributed by atoms with E-state index < -0.39 is 0 Å². The summed E-state index contributed by atoms with van der Waals surface area (Å²) >= 11 is 4.01. The quantitative estimate of drug-likeness (QED) is 0.273. The van der Waals surface area contributed by atoms with Crippen LogP contribution >= 0.6 is 15.9 Å². The second kappa shape index (κ2) is 11.5. The highest BCUT2D eigenvalue weighted by molar-refractivity contribution is 9.09. The van der Waals surface area contributed by atoms with Gasteiger partial charge in [-0.25, -0.2) is 0 Å². The van der Waals surface area contributed by atoms with Crippen LogP contribution in [0, 0.1) is 0 Å². The number of alkyl halides is 1. The molecular formula is C23H31Br. The van der Waals surface area contributed by atoms with Crippen molar-refractivity contribution in [3.63, 3.8) is 0 Å². The molecule has 2 rings (SSSR count). The lowest BCUT2D eigenvalue weighted by Gasteiger charge is -2.24. The van der Waals surface area contributed by atoms with Crippen LogP contribution < -0.4 is 0 Å². The van der Waals surface area contributed by atoms with E-state index >= 15 is 0 Å². The Morgan fingerprint density at radius 1 is 0.667 bits per heavy atom. The van der Waals surface area contributed by atoms with E-state index in [0.29, 0.717) is 10.7 Å². The largest absolute Gasteiger partial charge is 0.0880 e. The van der Waals surface area contributed by atoms with Crippen LogP contribution in [-0.2, 0) is 0 Å². The minimum absolute atomic E-state index is 0.437. The molecular weight excluding hydrogens is 356 g/mol. The number of benzene rings is 2. The summed E-state index contributed by atoms with van der Waals surface area (Å²) in [7, 11) is 0. The normalized spacial score (nSPS) is 12.5. The second-order valence-corrected chi connectivity index (χ2v) is 7.90. The van der Waals surface area contributed by atoms with Crippen molar-refractivity contribution in [2.24, 2.45) is 0 Å². The Morgan fingerprint density at radius 2 is 1.12 bits per heavy atom. The van der Waals surface area contributed by atoms with E-state index in [2.05, 4.69) is 83.5 Å². The van der Waals surface area contributed by atoms with E-state index in [1.54, 1.807) is 0 Å². The maximum atomic E-state index is 4.01. The van der Waals surface area contributed by atoms with Crippen LogP contribution in [0.25, 0.3) is 0 Å². The van der Waals surface area contributed by atoms with Crippen molar-refractivity contribution in [2.75, 3.05) is 0 Å². The van der Waals surface area contributed by atoms with Gasteiger partial charge in [-0.15, -0.1) is 0 Å². The summed E-state index contributed by atoms with van der Waals surface area (Å²) in [4.78, 5) is 0.498. The van der Waals surface area contributed by atoms with Gasteiger partial charge < -0.3 is 0 Å². The summed E-state index contributed by atoms with van der Waals surface area (Å²) in [5, 5.41) is 0. The van der Waals surface area contributed by atoms with Crippen molar-refractivity contribution in [3.05, 3.63) is 71.8 Å². The fraction of sp³-hybridized carbons (Fsp3) is 0.478. The predicted octanol–water partition coefficient (Wildman–Crippen LogP) is 7.72. The average Bonchev–Trinajstić information content (AvgIpc) is 2.63. The molecule has 1 atom stereocenters. The Labute approximate surface area is 156 Å². The highest BCUT2D eigenvalue weighted by Gasteiger charge is 2.22. The van der Waals surface area contributed by atoms with Crippen molar-refractivity contribution in [2.45, 2.75) is 69.0 Å². The molecule has 0 aromatic heterocycles. The molecule has 24 heavy (non-hydrogen) atoms. The fourth-order valence-electron chi connectivity index (χ4n) is 3.39. The summed E-state index contributed by atoms with van der Waals surface area (Å²) in [6.45, 7) is 2.28. The van der Waals surface area contributed by atoms with Gasteiger partial charge >= 0.3 is 0 Å². The zero-order valence-electron chi connectivity index (χ0n) is 15.0. The molecule has 0 saturated carbocycles. The highest BCUT2D eigenvalue weighted by atomic mass is 79.9. The molecule has 0 amide bonds. The van der Waals surface area contributed by atoms with E-state index in [0.717, 1.165) is 0 Å². The first-order chi connectivity index (χ1) is 11.8. The van der Waals surface area contributed by atoms with Gasteiger partial charge in [0, 0.05) is 10.7 Å². The molecule has 1 heteroatoms. The monoisotopic (exact) mass is 386 g/mol. The van der Waals surface area contributed by atoms with E-state index in [-0.39, 0.29) is 0 Å². The summed E-state index contributed by atoms with van der Waals surface area (Å²) in [6.07, 6.45) is 10.8. The van der Waals surface area contributed by atoms with Gasteiger partial charge in [-0.3, -0.25) is 0 Å². The van der Waals surface area contributed by atoms with Crippen LogP contribution in [0.15, 0.2) is 60.7 Å².